The molecule has 37 heavy (non-hydrogen) atoms. The molecule has 2 amide bonds. The van der Waals surface area contributed by atoms with E-state index in [1.807, 2.05) is 0 Å². The number of halogens is 4. The lowest BCUT2D eigenvalue weighted by Gasteiger charge is -2.33. The fourth-order valence-electron chi connectivity index (χ4n) is 4.38. The van der Waals surface area contributed by atoms with Crippen molar-refractivity contribution in [1.82, 2.24) is 10.2 Å². The Balaban J connectivity index is 1.95. The van der Waals surface area contributed by atoms with Gasteiger partial charge in [0.2, 0.25) is 21.8 Å². The van der Waals surface area contributed by atoms with Crippen LogP contribution < -0.4 is 9.62 Å². The van der Waals surface area contributed by atoms with Gasteiger partial charge in [0.1, 0.15) is 12.6 Å². The number of sulfonamides is 1. The monoisotopic (exact) mass is 575 g/mol. The average molecular weight is 576 g/mol. The van der Waals surface area contributed by atoms with E-state index < -0.39 is 40.2 Å². The summed E-state index contributed by atoms with van der Waals surface area (Å²) >= 11 is 12.2. The van der Waals surface area contributed by atoms with Crippen LogP contribution in [0.15, 0.2) is 36.4 Å². The van der Waals surface area contributed by atoms with E-state index in [2.05, 4.69) is 5.32 Å². The molecule has 12 heteroatoms. The van der Waals surface area contributed by atoms with Crippen molar-refractivity contribution in [2.75, 3.05) is 17.1 Å². The number of carbonyl (C=O) groups is 2. The van der Waals surface area contributed by atoms with Crippen LogP contribution in [-0.4, -0.2) is 50.0 Å². The summed E-state index contributed by atoms with van der Waals surface area (Å²) < 4.78 is 53.2. The topological polar surface area (TPSA) is 86.8 Å². The van der Waals surface area contributed by atoms with E-state index in [9.17, 15) is 26.8 Å². The second-order valence-electron chi connectivity index (χ2n) is 9.05. The molecule has 0 aliphatic heterocycles. The first kappa shape index (κ1) is 29.1. The molecule has 1 atom stereocenters. The van der Waals surface area contributed by atoms with E-state index in [0.717, 1.165) is 44.1 Å². The van der Waals surface area contributed by atoms with E-state index >= 15 is 0 Å². The minimum atomic E-state index is -4.08. The van der Waals surface area contributed by atoms with Crippen LogP contribution in [0.4, 0.5) is 14.5 Å². The molecule has 1 N–H and O–H groups in total. The van der Waals surface area contributed by atoms with Crippen LogP contribution >= 0.6 is 23.2 Å². The molecule has 1 aliphatic rings. The molecule has 2 aromatic rings. The highest BCUT2D eigenvalue weighted by atomic mass is 35.5. The van der Waals surface area contributed by atoms with Crippen LogP contribution in [0.25, 0.3) is 0 Å². The van der Waals surface area contributed by atoms with Crippen LogP contribution in [0.1, 0.15) is 44.6 Å². The molecular formula is C25H29Cl2F2N3O4S. The second-order valence-corrected chi connectivity index (χ2v) is 11.8. The largest absolute Gasteiger partial charge is 0.352 e. The van der Waals surface area contributed by atoms with Gasteiger partial charge in [-0.05, 0) is 49.1 Å². The molecule has 0 bridgehead atoms. The minimum Gasteiger partial charge on any atom is -0.352 e. The normalized spacial score (nSPS) is 14.9. The van der Waals surface area contributed by atoms with Gasteiger partial charge in [-0.25, -0.2) is 17.2 Å². The molecule has 1 saturated carbocycles. The third-order valence-electron chi connectivity index (χ3n) is 6.29. The van der Waals surface area contributed by atoms with Gasteiger partial charge in [-0.3, -0.25) is 13.9 Å². The third-order valence-corrected chi connectivity index (χ3v) is 8.17. The van der Waals surface area contributed by atoms with Crippen molar-refractivity contribution in [3.05, 3.63) is 63.6 Å². The summed E-state index contributed by atoms with van der Waals surface area (Å²) in [5.74, 6) is -3.45. The van der Waals surface area contributed by atoms with Crippen molar-refractivity contribution in [3.63, 3.8) is 0 Å². The molecule has 0 aromatic heterocycles. The summed E-state index contributed by atoms with van der Waals surface area (Å²) in [5, 5.41) is 3.57. The van der Waals surface area contributed by atoms with Crippen LogP contribution in [0.5, 0.6) is 0 Å². The van der Waals surface area contributed by atoms with Gasteiger partial charge in [0.25, 0.3) is 0 Å². The zero-order valence-electron chi connectivity index (χ0n) is 20.5. The maximum atomic E-state index is 13.9. The zero-order valence-corrected chi connectivity index (χ0v) is 22.8. The van der Waals surface area contributed by atoms with Crippen molar-refractivity contribution in [3.8, 4) is 0 Å². The molecule has 2 aromatic carbocycles. The summed E-state index contributed by atoms with van der Waals surface area (Å²) in [7, 11) is -4.08. The molecule has 1 fully saturated rings. The Morgan fingerprint density at radius 3 is 2.30 bits per heavy atom. The third kappa shape index (κ3) is 7.55. The number of hydrogen-bond acceptors (Lipinski definition) is 4. The van der Waals surface area contributed by atoms with Gasteiger partial charge in [-0.2, -0.15) is 0 Å². The number of hydrogen-bond donors (Lipinski definition) is 1. The van der Waals surface area contributed by atoms with Gasteiger partial charge in [-0.1, -0.05) is 49.0 Å². The summed E-state index contributed by atoms with van der Waals surface area (Å²) in [6.07, 6.45) is 4.82. The summed E-state index contributed by atoms with van der Waals surface area (Å²) in [4.78, 5) is 28.2. The molecule has 0 radical (unpaired) electrons. The van der Waals surface area contributed by atoms with E-state index in [-0.39, 0.29) is 35.6 Å². The number of carbonyl (C=O) groups excluding carboxylic acids is 2. The number of nitrogens with zero attached hydrogens (tertiary/aromatic N) is 2. The number of nitrogens with one attached hydrogen (secondary N) is 1. The highest BCUT2D eigenvalue weighted by molar-refractivity contribution is 7.92. The number of rotatable bonds is 10. The smallest absolute Gasteiger partial charge is 0.244 e. The number of anilines is 1. The summed E-state index contributed by atoms with van der Waals surface area (Å²) in [5.41, 5.74) is 0.362. The van der Waals surface area contributed by atoms with Crippen molar-refractivity contribution in [1.29, 1.82) is 0 Å². The molecule has 202 valence electrons. The van der Waals surface area contributed by atoms with Crippen LogP contribution in [0, 0.1) is 11.6 Å². The van der Waals surface area contributed by atoms with Crippen molar-refractivity contribution < 1.29 is 26.8 Å². The Labute approximate surface area is 225 Å². The van der Waals surface area contributed by atoms with E-state index in [1.165, 1.54) is 4.90 Å². The molecule has 3 rings (SSSR count). The first-order chi connectivity index (χ1) is 17.4. The van der Waals surface area contributed by atoms with Gasteiger partial charge in [0.05, 0.1) is 22.0 Å². The molecule has 1 aliphatic carbocycles. The lowest BCUT2D eigenvalue weighted by molar-refractivity contribution is -0.140. The van der Waals surface area contributed by atoms with E-state index in [4.69, 9.17) is 23.2 Å². The Morgan fingerprint density at radius 1 is 1.05 bits per heavy atom. The fourth-order valence-corrected chi connectivity index (χ4v) is 5.54. The van der Waals surface area contributed by atoms with Crippen LogP contribution in [0.3, 0.4) is 0 Å². The first-order valence-corrected chi connectivity index (χ1v) is 14.5. The SMILES string of the molecule is CCC(C(=O)NC1CCCC1)N(Cc1ccc(Cl)c(Cl)c1)C(=O)CN(c1ccc(F)c(F)c1)S(C)(=O)=O. The molecule has 1 unspecified atom stereocenters. The minimum absolute atomic E-state index is 0.0122. The van der Waals surface area contributed by atoms with E-state index in [1.54, 1.807) is 25.1 Å². The number of benzene rings is 2. The summed E-state index contributed by atoms with van der Waals surface area (Å²) in [6, 6.07) is 6.44. The Morgan fingerprint density at radius 2 is 1.73 bits per heavy atom. The van der Waals surface area contributed by atoms with Crippen LogP contribution in [0.2, 0.25) is 10.0 Å². The highest BCUT2D eigenvalue weighted by Gasteiger charge is 2.33. The van der Waals surface area contributed by atoms with Gasteiger partial charge in [-0.15, -0.1) is 0 Å². The predicted octanol–water partition coefficient (Wildman–Crippen LogP) is 4.90. The van der Waals surface area contributed by atoms with Gasteiger partial charge < -0.3 is 10.2 Å². The molecule has 0 saturated heterocycles. The van der Waals surface area contributed by atoms with Gasteiger partial charge in [0, 0.05) is 18.7 Å². The fraction of sp³-hybridized carbons (Fsp3) is 0.440. The maximum absolute atomic E-state index is 13.9. The Hall–Kier alpha value is -2.43. The van der Waals surface area contributed by atoms with Gasteiger partial charge >= 0.3 is 0 Å². The predicted molar refractivity (Wildman–Crippen MR) is 140 cm³/mol. The zero-order chi connectivity index (χ0) is 27.3. The Kier molecular flexibility index (Phi) is 9.77. The van der Waals surface area contributed by atoms with Crippen molar-refractivity contribution in [2.24, 2.45) is 0 Å². The standard InChI is InChI=1S/C25H29Cl2F2N3O4S/c1-3-23(25(34)30-17-6-4-5-7-17)31(14-16-8-10-19(26)20(27)12-16)24(33)15-32(37(2,35)36)18-9-11-21(28)22(29)13-18/h8-13,17,23H,3-7,14-15H2,1-2H3,(H,30,34). The summed E-state index contributed by atoms with van der Waals surface area (Å²) in [6.45, 7) is 0.970. The van der Waals surface area contributed by atoms with Crippen molar-refractivity contribution >= 4 is 50.7 Å². The second kappa shape index (κ2) is 12.4. The Bertz CT molecular complexity index is 1260. The highest BCUT2D eigenvalue weighted by Crippen LogP contribution is 2.26. The van der Waals surface area contributed by atoms with Gasteiger partial charge in [0.15, 0.2) is 11.6 Å². The van der Waals surface area contributed by atoms with E-state index in [0.29, 0.717) is 21.0 Å². The molecule has 0 heterocycles. The lowest BCUT2D eigenvalue weighted by atomic mass is 10.1. The quantitative estimate of drug-likeness (QED) is 0.436. The lowest BCUT2D eigenvalue weighted by Crippen LogP contribution is -2.53. The maximum Gasteiger partial charge on any atom is 0.244 e. The average Bonchev–Trinajstić information content (AvgIpc) is 3.33. The van der Waals surface area contributed by atoms with Crippen LogP contribution in [-0.2, 0) is 26.2 Å². The molecule has 0 spiro atoms. The first-order valence-electron chi connectivity index (χ1n) is 11.9. The molecule has 7 nitrogen and oxygen atoms in total. The van der Waals surface area contributed by atoms with Crippen molar-refractivity contribution in [2.45, 2.75) is 57.7 Å². The number of amides is 2. The molecular weight excluding hydrogens is 547 g/mol.